The van der Waals surface area contributed by atoms with Crippen LogP contribution in [0.1, 0.15) is 28.2 Å². The number of hydrogen-bond donors (Lipinski definition) is 2. The number of urea groups is 1. The standard InChI is InChI=1S/C31H30F6N6O2/c1-41-10-12-42(13-11-41)16-19-2-3-21(15-25(19)30(32,33)34)40-29(44)43-17-20-14-22(4-5-23(20)26(18-43)31(35,36)37)45-27-7-9-39-28-24(27)6-8-38-28/h2-9,14-15,26H,10-13,16-18H2,1H3,(H,38,39)(H,40,44). The van der Waals surface area contributed by atoms with Crippen LogP contribution in [-0.2, 0) is 19.3 Å². The van der Waals surface area contributed by atoms with E-state index in [9.17, 15) is 31.1 Å². The predicted molar refractivity (Wildman–Crippen MR) is 155 cm³/mol. The minimum Gasteiger partial charge on any atom is -0.457 e. The van der Waals surface area contributed by atoms with Gasteiger partial charge < -0.3 is 24.8 Å². The van der Waals surface area contributed by atoms with Crippen LogP contribution in [0.15, 0.2) is 60.9 Å². The Kier molecular flexibility index (Phi) is 8.12. The molecule has 2 N–H and O–H groups in total. The summed E-state index contributed by atoms with van der Waals surface area (Å²) in [5, 5.41) is 3.07. The van der Waals surface area contributed by atoms with Gasteiger partial charge in [0, 0.05) is 63.9 Å². The first kappa shape index (κ1) is 30.7. The molecule has 2 aliphatic rings. The van der Waals surface area contributed by atoms with Crippen molar-refractivity contribution in [2.24, 2.45) is 0 Å². The number of hydrogen-bond acceptors (Lipinski definition) is 5. The van der Waals surface area contributed by atoms with Crippen LogP contribution >= 0.6 is 0 Å². The molecule has 0 aliphatic carbocycles. The largest absolute Gasteiger partial charge is 0.457 e. The summed E-state index contributed by atoms with van der Waals surface area (Å²) in [6, 6.07) is 10.2. The summed E-state index contributed by atoms with van der Waals surface area (Å²) >= 11 is 0. The molecule has 8 nitrogen and oxygen atoms in total. The van der Waals surface area contributed by atoms with E-state index in [-0.39, 0.29) is 41.2 Å². The number of pyridine rings is 1. The van der Waals surface area contributed by atoms with Gasteiger partial charge in [0.25, 0.3) is 0 Å². The number of anilines is 1. The van der Waals surface area contributed by atoms with Gasteiger partial charge in [-0.25, -0.2) is 9.78 Å². The maximum absolute atomic E-state index is 14.2. The third-order valence-electron chi connectivity index (χ3n) is 8.24. The molecule has 2 aromatic heterocycles. The lowest BCUT2D eigenvalue weighted by molar-refractivity contribution is -0.155. The minimum absolute atomic E-state index is 0.00744. The van der Waals surface area contributed by atoms with E-state index in [0.29, 0.717) is 29.9 Å². The van der Waals surface area contributed by atoms with Gasteiger partial charge in [0.15, 0.2) is 0 Å². The zero-order valence-electron chi connectivity index (χ0n) is 24.2. The summed E-state index contributed by atoms with van der Waals surface area (Å²) in [5.41, 5.74) is -0.193. The van der Waals surface area contributed by atoms with Crippen molar-refractivity contribution in [2.75, 3.05) is 45.1 Å². The van der Waals surface area contributed by atoms with Crippen LogP contribution in [0.4, 0.5) is 36.8 Å². The number of piperazine rings is 1. The molecule has 14 heteroatoms. The average Bonchev–Trinajstić information content (AvgIpc) is 3.47. The number of carbonyl (C=O) groups is 1. The van der Waals surface area contributed by atoms with Crippen molar-refractivity contribution < 1.29 is 35.9 Å². The molecule has 1 saturated heterocycles. The lowest BCUT2D eigenvalue weighted by atomic mass is 9.89. The fraction of sp³-hybridized carbons (Fsp3) is 0.355. The van der Waals surface area contributed by atoms with E-state index in [1.165, 1.54) is 36.5 Å². The van der Waals surface area contributed by atoms with Gasteiger partial charge in [-0.2, -0.15) is 26.3 Å². The number of ether oxygens (including phenoxy) is 1. The number of carbonyl (C=O) groups excluding carboxylic acids is 1. The number of halogens is 6. The minimum atomic E-state index is -4.69. The zero-order chi connectivity index (χ0) is 31.9. The Hall–Kier alpha value is -4.30. The summed E-state index contributed by atoms with van der Waals surface area (Å²) in [5.74, 6) is -1.29. The van der Waals surface area contributed by atoms with Crippen LogP contribution in [0.2, 0.25) is 0 Å². The lowest BCUT2D eigenvalue weighted by Crippen LogP contribution is -2.44. The van der Waals surface area contributed by atoms with Crippen LogP contribution in [0, 0.1) is 0 Å². The van der Waals surface area contributed by atoms with Crippen LogP contribution in [-0.4, -0.2) is 76.6 Å². The molecule has 2 aliphatic heterocycles. The lowest BCUT2D eigenvalue weighted by Gasteiger charge is -2.36. The highest BCUT2D eigenvalue weighted by Crippen LogP contribution is 2.42. The van der Waals surface area contributed by atoms with Crippen LogP contribution in [0.5, 0.6) is 11.5 Å². The summed E-state index contributed by atoms with van der Waals surface area (Å²) in [6.07, 6.45) is -6.15. The van der Waals surface area contributed by atoms with Gasteiger partial charge in [-0.15, -0.1) is 0 Å². The Labute approximate surface area is 254 Å². The van der Waals surface area contributed by atoms with Crippen LogP contribution in [0.25, 0.3) is 11.0 Å². The second-order valence-electron chi connectivity index (χ2n) is 11.4. The molecule has 4 heterocycles. The monoisotopic (exact) mass is 632 g/mol. The smallest absolute Gasteiger partial charge is 0.416 e. The Morgan fingerprint density at radius 1 is 1.02 bits per heavy atom. The molecule has 6 rings (SSSR count). The fourth-order valence-electron chi connectivity index (χ4n) is 5.80. The number of nitrogens with zero attached hydrogens (tertiary/aromatic N) is 4. The van der Waals surface area contributed by atoms with Crippen molar-refractivity contribution in [1.29, 1.82) is 0 Å². The van der Waals surface area contributed by atoms with E-state index >= 15 is 0 Å². The highest BCUT2D eigenvalue weighted by atomic mass is 19.4. The van der Waals surface area contributed by atoms with Gasteiger partial charge in [0.05, 0.1) is 16.9 Å². The van der Waals surface area contributed by atoms with Gasteiger partial charge in [-0.05, 0) is 60.1 Å². The number of fused-ring (bicyclic) bond motifs is 2. The normalized spacial score (nSPS) is 18.2. The van der Waals surface area contributed by atoms with Crippen molar-refractivity contribution in [3.05, 3.63) is 83.2 Å². The number of nitrogens with one attached hydrogen (secondary N) is 2. The molecule has 1 unspecified atom stereocenters. The molecule has 2 amide bonds. The Bertz CT molecular complexity index is 1700. The maximum Gasteiger partial charge on any atom is 0.416 e. The first-order valence-corrected chi connectivity index (χ1v) is 14.3. The summed E-state index contributed by atoms with van der Waals surface area (Å²) < 4.78 is 90.7. The summed E-state index contributed by atoms with van der Waals surface area (Å²) in [6.45, 7) is 1.91. The highest BCUT2D eigenvalue weighted by Gasteiger charge is 2.46. The van der Waals surface area contributed by atoms with Gasteiger partial charge >= 0.3 is 18.4 Å². The number of amides is 2. The number of rotatable bonds is 5. The SMILES string of the molecule is CN1CCN(Cc2ccc(NC(=O)N3Cc4cc(Oc5ccnc6[nH]ccc56)ccc4C(C(F)(F)F)C3)cc2C(F)(F)F)CC1. The molecule has 1 fully saturated rings. The van der Waals surface area contributed by atoms with Crippen LogP contribution in [0.3, 0.4) is 0 Å². The van der Waals surface area contributed by atoms with Gasteiger partial charge in [0.1, 0.15) is 17.1 Å². The second kappa shape index (κ2) is 11.9. The number of alkyl halides is 6. The number of aromatic amines is 1. The number of H-pyrrole nitrogens is 1. The molecule has 0 bridgehead atoms. The molecular weight excluding hydrogens is 602 g/mol. The third kappa shape index (κ3) is 6.71. The third-order valence-corrected chi connectivity index (χ3v) is 8.24. The maximum atomic E-state index is 14.2. The van der Waals surface area contributed by atoms with Crippen molar-refractivity contribution in [3.63, 3.8) is 0 Å². The van der Waals surface area contributed by atoms with Crippen molar-refractivity contribution in [3.8, 4) is 11.5 Å². The first-order valence-electron chi connectivity index (χ1n) is 14.3. The highest BCUT2D eigenvalue weighted by molar-refractivity contribution is 5.90. The average molecular weight is 633 g/mol. The molecule has 238 valence electrons. The second-order valence-corrected chi connectivity index (χ2v) is 11.4. The molecule has 0 saturated carbocycles. The molecular formula is C31H30F6N6O2. The van der Waals surface area contributed by atoms with E-state index in [0.717, 1.165) is 24.1 Å². The van der Waals surface area contributed by atoms with E-state index in [2.05, 4.69) is 20.2 Å². The molecule has 0 radical (unpaired) electrons. The topological polar surface area (TPSA) is 76.7 Å². The molecule has 0 spiro atoms. The van der Waals surface area contributed by atoms with E-state index < -0.39 is 36.4 Å². The molecule has 45 heavy (non-hydrogen) atoms. The van der Waals surface area contributed by atoms with Crippen molar-refractivity contribution in [2.45, 2.75) is 31.4 Å². The Balaban J connectivity index is 1.22. The van der Waals surface area contributed by atoms with Crippen molar-refractivity contribution >= 4 is 22.8 Å². The molecule has 1 atom stereocenters. The number of aromatic nitrogens is 2. The van der Waals surface area contributed by atoms with E-state index in [1.54, 1.807) is 18.3 Å². The summed E-state index contributed by atoms with van der Waals surface area (Å²) in [4.78, 5) is 25.4. The predicted octanol–water partition coefficient (Wildman–Crippen LogP) is 6.82. The van der Waals surface area contributed by atoms with Crippen molar-refractivity contribution in [1.82, 2.24) is 24.7 Å². The quantitative estimate of drug-likeness (QED) is 0.237. The molecule has 2 aromatic carbocycles. The molecule has 4 aromatic rings. The van der Waals surface area contributed by atoms with Gasteiger partial charge in [-0.1, -0.05) is 12.1 Å². The van der Waals surface area contributed by atoms with Crippen LogP contribution < -0.4 is 10.1 Å². The number of likely N-dealkylation sites (N-methyl/N-ethyl adjacent to an activating group) is 1. The van der Waals surface area contributed by atoms with Gasteiger partial charge in [-0.3, -0.25) is 4.90 Å². The fourth-order valence-corrected chi connectivity index (χ4v) is 5.80. The van der Waals surface area contributed by atoms with E-state index in [1.807, 2.05) is 11.9 Å². The summed E-state index contributed by atoms with van der Waals surface area (Å²) in [7, 11) is 1.95. The first-order chi connectivity index (χ1) is 21.3. The van der Waals surface area contributed by atoms with Gasteiger partial charge in [0.2, 0.25) is 0 Å². The van der Waals surface area contributed by atoms with E-state index in [4.69, 9.17) is 4.74 Å². The Morgan fingerprint density at radius 3 is 2.53 bits per heavy atom. The Morgan fingerprint density at radius 2 is 1.80 bits per heavy atom. The number of benzene rings is 2. The zero-order valence-corrected chi connectivity index (χ0v) is 24.2.